The van der Waals surface area contributed by atoms with Gasteiger partial charge in [-0.15, -0.1) is 23.1 Å². The number of unbranched alkanes of at least 4 members (excludes halogenated alkanes) is 2. The van der Waals surface area contributed by atoms with Gasteiger partial charge in [-0.05, 0) is 12.2 Å². The molecule has 0 aliphatic carbocycles. The number of hydrogen-bond acceptors (Lipinski definition) is 3. The largest absolute Gasteiger partial charge is 0.238 e. The zero-order valence-corrected chi connectivity index (χ0v) is 8.38. The maximum Gasteiger partial charge on any atom is 0.107 e. The van der Waals surface area contributed by atoms with Crippen molar-refractivity contribution in [1.82, 2.24) is 4.98 Å². The van der Waals surface area contributed by atoms with E-state index in [1.165, 1.54) is 30.0 Å². The summed E-state index contributed by atoms with van der Waals surface area (Å²) < 4.78 is 0. The van der Waals surface area contributed by atoms with E-state index >= 15 is 0 Å². The van der Waals surface area contributed by atoms with E-state index in [0.717, 1.165) is 0 Å². The molecule has 0 aliphatic rings. The summed E-state index contributed by atoms with van der Waals surface area (Å²) in [6.07, 6.45) is 3.97. The van der Waals surface area contributed by atoms with Crippen LogP contribution in [0.25, 0.3) is 0 Å². The molecule has 0 saturated heterocycles. The fourth-order valence-electron chi connectivity index (χ4n) is 0.802. The van der Waals surface area contributed by atoms with Crippen LogP contribution < -0.4 is 0 Å². The Morgan fingerprint density at radius 3 is 3.09 bits per heavy atom. The van der Waals surface area contributed by atoms with E-state index in [2.05, 4.69) is 17.3 Å². The second-order valence-corrected chi connectivity index (χ2v) is 4.22. The van der Waals surface area contributed by atoms with Gasteiger partial charge in [-0.2, -0.15) is 0 Å². The van der Waals surface area contributed by atoms with Gasteiger partial charge < -0.3 is 0 Å². The lowest BCUT2D eigenvalue weighted by atomic mass is 10.3. The van der Waals surface area contributed by atoms with Crippen molar-refractivity contribution in [2.45, 2.75) is 31.2 Å². The molecule has 3 heteroatoms. The van der Waals surface area contributed by atoms with Crippen LogP contribution in [0.15, 0.2) is 15.9 Å². The number of thiazole rings is 1. The molecule has 0 unspecified atom stereocenters. The van der Waals surface area contributed by atoms with E-state index in [-0.39, 0.29) is 0 Å². The lowest BCUT2D eigenvalue weighted by Crippen LogP contribution is -1.79. The van der Waals surface area contributed by atoms with Crippen LogP contribution in [0.2, 0.25) is 0 Å². The third-order valence-electron chi connectivity index (χ3n) is 1.41. The van der Waals surface area contributed by atoms with E-state index in [4.69, 9.17) is 0 Å². The molecule has 1 heterocycles. The van der Waals surface area contributed by atoms with Gasteiger partial charge in [-0.1, -0.05) is 19.8 Å². The fraction of sp³-hybridized carbons (Fsp3) is 0.625. The highest BCUT2D eigenvalue weighted by atomic mass is 32.2. The van der Waals surface area contributed by atoms with Crippen LogP contribution in [-0.2, 0) is 0 Å². The molecule has 0 radical (unpaired) electrons. The number of nitrogens with zero attached hydrogens (tertiary/aromatic N) is 1. The average Bonchev–Trinajstić information content (AvgIpc) is 2.50. The summed E-state index contributed by atoms with van der Waals surface area (Å²) in [5.41, 5.74) is 1.89. The van der Waals surface area contributed by atoms with Gasteiger partial charge >= 0.3 is 0 Å². The molecule has 0 spiro atoms. The summed E-state index contributed by atoms with van der Waals surface area (Å²) in [6, 6.07) is 0. The number of aromatic nitrogens is 1. The molecule has 0 saturated carbocycles. The molecule has 0 N–H and O–H groups in total. The van der Waals surface area contributed by atoms with Gasteiger partial charge in [0.1, 0.15) is 5.03 Å². The minimum Gasteiger partial charge on any atom is -0.238 e. The minimum absolute atomic E-state index is 1.19. The first-order valence-corrected chi connectivity index (χ1v) is 5.87. The summed E-state index contributed by atoms with van der Waals surface area (Å²) in [6.45, 7) is 2.23. The van der Waals surface area contributed by atoms with Crippen LogP contribution in [-0.4, -0.2) is 10.7 Å². The van der Waals surface area contributed by atoms with E-state index in [1.807, 2.05) is 17.3 Å². The molecule has 0 aliphatic heterocycles. The zero-order chi connectivity index (χ0) is 7.94. The van der Waals surface area contributed by atoms with Gasteiger partial charge in [0, 0.05) is 5.38 Å². The summed E-state index contributed by atoms with van der Waals surface area (Å²) in [5, 5.41) is 3.29. The highest BCUT2D eigenvalue weighted by Gasteiger charge is 1.93. The first kappa shape index (κ1) is 9.07. The zero-order valence-electron chi connectivity index (χ0n) is 6.75. The molecular weight excluding hydrogens is 174 g/mol. The Morgan fingerprint density at radius 2 is 2.45 bits per heavy atom. The Labute approximate surface area is 76.2 Å². The topological polar surface area (TPSA) is 12.9 Å². The molecule has 0 amide bonds. The van der Waals surface area contributed by atoms with E-state index in [9.17, 15) is 0 Å². The summed E-state index contributed by atoms with van der Waals surface area (Å²) in [5.74, 6) is 1.22. The predicted octanol–water partition coefficient (Wildman–Crippen LogP) is 3.43. The molecule has 0 fully saturated rings. The van der Waals surface area contributed by atoms with Crippen LogP contribution in [0, 0.1) is 0 Å². The quantitative estimate of drug-likeness (QED) is 0.517. The highest BCUT2D eigenvalue weighted by Crippen LogP contribution is 2.18. The van der Waals surface area contributed by atoms with Crippen molar-refractivity contribution in [3.05, 3.63) is 10.9 Å². The minimum atomic E-state index is 1.19. The second kappa shape index (κ2) is 5.61. The second-order valence-electron chi connectivity index (χ2n) is 2.38. The third kappa shape index (κ3) is 3.77. The maximum atomic E-state index is 4.20. The molecule has 1 nitrogen and oxygen atoms in total. The predicted molar refractivity (Wildman–Crippen MR) is 52.4 cm³/mol. The molecule has 1 aromatic heterocycles. The first-order valence-electron chi connectivity index (χ1n) is 3.94. The molecule has 0 atom stereocenters. The normalized spacial score (nSPS) is 10.3. The van der Waals surface area contributed by atoms with Gasteiger partial charge in [0.25, 0.3) is 0 Å². The van der Waals surface area contributed by atoms with Gasteiger partial charge in [0.15, 0.2) is 0 Å². The van der Waals surface area contributed by atoms with Gasteiger partial charge in [-0.25, -0.2) is 4.98 Å². The van der Waals surface area contributed by atoms with Crippen LogP contribution >= 0.6 is 23.1 Å². The van der Waals surface area contributed by atoms with Gasteiger partial charge in [0.05, 0.1) is 5.51 Å². The Hall–Kier alpha value is -0.0200. The van der Waals surface area contributed by atoms with Crippen LogP contribution in [0.3, 0.4) is 0 Å². The smallest absolute Gasteiger partial charge is 0.107 e. The monoisotopic (exact) mass is 187 g/mol. The van der Waals surface area contributed by atoms with Crippen molar-refractivity contribution >= 4 is 23.1 Å². The van der Waals surface area contributed by atoms with E-state index in [0.29, 0.717) is 0 Å². The third-order valence-corrected chi connectivity index (χ3v) is 3.15. The van der Waals surface area contributed by atoms with Crippen molar-refractivity contribution in [1.29, 1.82) is 0 Å². The highest BCUT2D eigenvalue weighted by molar-refractivity contribution is 7.99. The number of hydrogen-bond donors (Lipinski definition) is 0. The Morgan fingerprint density at radius 1 is 1.55 bits per heavy atom. The maximum absolute atomic E-state index is 4.20. The van der Waals surface area contributed by atoms with E-state index < -0.39 is 0 Å². The lowest BCUT2D eigenvalue weighted by molar-refractivity contribution is 0.778. The molecule has 1 rings (SSSR count). The number of thioether (sulfide) groups is 1. The summed E-state index contributed by atoms with van der Waals surface area (Å²) in [7, 11) is 0. The van der Waals surface area contributed by atoms with Gasteiger partial charge in [-0.3, -0.25) is 0 Å². The van der Waals surface area contributed by atoms with Crippen molar-refractivity contribution in [2.75, 3.05) is 5.75 Å². The summed E-state index contributed by atoms with van der Waals surface area (Å²) in [4.78, 5) is 4.20. The van der Waals surface area contributed by atoms with Crippen molar-refractivity contribution in [2.24, 2.45) is 0 Å². The van der Waals surface area contributed by atoms with Crippen LogP contribution in [0.5, 0.6) is 0 Å². The average molecular weight is 187 g/mol. The molecule has 0 aromatic carbocycles. The number of rotatable bonds is 5. The Balaban J connectivity index is 2.04. The molecular formula is C8H13NS2. The van der Waals surface area contributed by atoms with Crippen LogP contribution in [0.1, 0.15) is 26.2 Å². The SMILES string of the molecule is CCCCCSc1cscn1. The standard InChI is InChI=1S/C8H13NS2/c1-2-3-4-5-11-8-6-10-7-9-8/h6-7H,2-5H2,1H3. The van der Waals surface area contributed by atoms with Crippen molar-refractivity contribution in [3.63, 3.8) is 0 Å². The van der Waals surface area contributed by atoms with Crippen LogP contribution in [0.4, 0.5) is 0 Å². The molecule has 1 aromatic rings. The molecule has 0 bridgehead atoms. The first-order chi connectivity index (χ1) is 5.43. The lowest BCUT2D eigenvalue weighted by Gasteiger charge is -1.95. The van der Waals surface area contributed by atoms with Gasteiger partial charge in [0.2, 0.25) is 0 Å². The summed E-state index contributed by atoms with van der Waals surface area (Å²) >= 11 is 3.54. The van der Waals surface area contributed by atoms with Crippen molar-refractivity contribution < 1.29 is 0 Å². The molecule has 11 heavy (non-hydrogen) atoms. The Bertz CT molecular complexity index is 172. The Kier molecular flexibility index (Phi) is 4.62. The molecule has 62 valence electrons. The van der Waals surface area contributed by atoms with Crippen molar-refractivity contribution in [3.8, 4) is 0 Å². The van der Waals surface area contributed by atoms with E-state index in [1.54, 1.807) is 11.3 Å². The fourth-order valence-corrected chi connectivity index (χ4v) is 2.40.